The molecule has 0 bridgehead atoms. The van der Waals surface area contributed by atoms with E-state index in [0.29, 0.717) is 49.7 Å². The third kappa shape index (κ3) is 5.44. The second-order valence-electron chi connectivity index (χ2n) is 5.90. The molecule has 1 aromatic rings. The second-order valence-corrected chi connectivity index (χ2v) is 6.31. The predicted molar refractivity (Wildman–Crippen MR) is 87.3 cm³/mol. The molecule has 1 unspecified atom stereocenters. The van der Waals surface area contributed by atoms with Crippen molar-refractivity contribution >= 4 is 17.6 Å². The number of aliphatic carboxylic acids is 1. The number of nitrogens with one attached hydrogen (secondary N) is 1. The van der Waals surface area contributed by atoms with Gasteiger partial charge in [-0.1, -0.05) is 17.7 Å². The Hall–Kier alpha value is -1.17. The fourth-order valence-corrected chi connectivity index (χ4v) is 3.25. The van der Waals surface area contributed by atoms with E-state index in [1.54, 1.807) is 12.1 Å². The number of carboxylic acids is 1. The third-order valence-electron chi connectivity index (χ3n) is 4.36. The Morgan fingerprint density at radius 2 is 2.17 bits per heavy atom. The van der Waals surface area contributed by atoms with E-state index >= 15 is 0 Å². The van der Waals surface area contributed by atoms with Crippen LogP contribution in [0.25, 0.3) is 0 Å². The summed E-state index contributed by atoms with van der Waals surface area (Å²) in [5, 5.41) is 13.0. The molecule has 2 N–H and O–H groups in total. The molecule has 6 heteroatoms. The molecule has 23 heavy (non-hydrogen) atoms. The van der Waals surface area contributed by atoms with Gasteiger partial charge in [0.15, 0.2) is 0 Å². The lowest BCUT2D eigenvalue weighted by molar-refractivity contribution is -0.144. The molecule has 1 atom stereocenters. The van der Waals surface area contributed by atoms with Crippen molar-refractivity contribution in [1.82, 2.24) is 5.32 Å². The number of halogens is 2. The standard InChI is InChI=1S/C17H23ClFNO3/c18-15-4-1-5-16(19)13(15)3-2-8-20-11-14(17(21)22)12-6-9-23-10-7-12/h1,4-5,12,14,20H,2-3,6-11H2,(H,21,22). The van der Waals surface area contributed by atoms with Gasteiger partial charge in [0.05, 0.1) is 5.92 Å². The van der Waals surface area contributed by atoms with Crippen LogP contribution in [-0.2, 0) is 16.0 Å². The molecule has 0 radical (unpaired) electrons. The van der Waals surface area contributed by atoms with Crippen molar-refractivity contribution in [1.29, 1.82) is 0 Å². The highest BCUT2D eigenvalue weighted by Crippen LogP contribution is 2.24. The monoisotopic (exact) mass is 343 g/mol. The summed E-state index contributed by atoms with van der Waals surface area (Å²) < 4.78 is 18.9. The van der Waals surface area contributed by atoms with E-state index in [1.165, 1.54) is 6.07 Å². The van der Waals surface area contributed by atoms with E-state index < -0.39 is 11.9 Å². The minimum atomic E-state index is -0.762. The summed E-state index contributed by atoms with van der Waals surface area (Å²) >= 11 is 5.99. The highest BCUT2D eigenvalue weighted by Gasteiger charge is 2.29. The molecule has 0 spiro atoms. The Morgan fingerprint density at radius 1 is 1.43 bits per heavy atom. The summed E-state index contributed by atoms with van der Waals surface area (Å²) in [7, 11) is 0. The number of carboxylic acid groups (broad SMARTS) is 1. The van der Waals surface area contributed by atoms with Crippen molar-refractivity contribution in [2.24, 2.45) is 11.8 Å². The normalized spacial score (nSPS) is 17.1. The Labute approximate surface area is 141 Å². The van der Waals surface area contributed by atoms with Gasteiger partial charge < -0.3 is 15.2 Å². The van der Waals surface area contributed by atoms with Crippen molar-refractivity contribution in [3.8, 4) is 0 Å². The molecule has 0 saturated carbocycles. The molecule has 0 amide bonds. The smallest absolute Gasteiger partial charge is 0.308 e. The van der Waals surface area contributed by atoms with Gasteiger partial charge in [-0.2, -0.15) is 0 Å². The van der Waals surface area contributed by atoms with Crippen LogP contribution in [0.3, 0.4) is 0 Å². The first-order chi connectivity index (χ1) is 11.1. The van der Waals surface area contributed by atoms with Gasteiger partial charge in [0.2, 0.25) is 0 Å². The third-order valence-corrected chi connectivity index (χ3v) is 4.71. The van der Waals surface area contributed by atoms with Gasteiger partial charge in [-0.25, -0.2) is 4.39 Å². The van der Waals surface area contributed by atoms with Gasteiger partial charge in [0, 0.05) is 30.3 Å². The van der Waals surface area contributed by atoms with Crippen LogP contribution in [0.1, 0.15) is 24.8 Å². The Kier molecular flexibility index (Phi) is 7.27. The maximum Gasteiger partial charge on any atom is 0.308 e. The molecule has 0 aromatic heterocycles. The quantitative estimate of drug-likeness (QED) is 0.712. The highest BCUT2D eigenvalue weighted by molar-refractivity contribution is 6.31. The molecule has 1 heterocycles. The van der Waals surface area contributed by atoms with Crippen LogP contribution in [0.15, 0.2) is 18.2 Å². The van der Waals surface area contributed by atoms with Gasteiger partial charge in [-0.15, -0.1) is 0 Å². The summed E-state index contributed by atoms with van der Waals surface area (Å²) in [5.41, 5.74) is 0.523. The molecular formula is C17H23ClFNO3. The maximum absolute atomic E-state index is 13.6. The van der Waals surface area contributed by atoms with Crippen molar-refractivity contribution in [3.63, 3.8) is 0 Å². The first-order valence-corrected chi connectivity index (χ1v) is 8.41. The van der Waals surface area contributed by atoms with Crippen LogP contribution < -0.4 is 5.32 Å². The summed E-state index contributed by atoms with van der Waals surface area (Å²) in [4.78, 5) is 11.4. The molecule has 0 aliphatic carbocycles. The molecule has 1 aliphatic rings. The Bertz CT molecular complexity index is 500. The van der Waals surface area contributed by atoms with Crippen LogP contribution in [0, 0.1) is 17.7 Å². The van der Waals surface area contributed by atoms with Crippen molar-refractivity contribution < 1.29 is 19.0 Å². The van der Waals surface area contributed by atoms with Gasteiger partial charge in [0.1, 0.15) is 5.82 Å². The Balaban J connectivity index is 1.74. The molecule has 1 aliphatic heterocycles. The summed E-state index contributed by atoms with van der Waals surface area (Å²) in [6.45, 7) is 2.35. The van der Waals surface area contributed by atoms with Crippen molar-refractivity contribution in [2.45, 2.75) is 25.7 Å². The number of rotatable bonds is 8. The summed E-state index contributed by atoms with van der Waals surface area (Å²) in [6, 6.07) is 4.67. The number of benzene rings is 1. The SMILES string of the molecule is O=C(O)C(CNCCCc1c(F)cccc1Cl)C1CCOCC1. The molecule has 2 rings (SSSR count). The predicted octanol–water partition coefficient (Wildman–Crippen LogP) is 3.13. The van der Waals surface area contributed by atoms with E-state index in [-0.39, 0.29) is 11.7 Å². The minimum absolute atomic E-state index is 0.162. The number of hydrogen-bond acceptors (Lipinski definition) is 3. The average Bonchev–Trinajstić information content (AvgIpc) is 2.53. The molecule has 1 saturated heterocycles. The Morgan fingerprint density at radius 3 is 2.83 bits per heavy atom. The molecular weight excluding hydrogens is 321 g/mol. The van der Waals surface area contributed by atoms with E-state index in [0.717, 1.165) is 12.8 Å². The van der Waals surface area contributed by atoms with E-state index in [1.807, 2.05) is 0 Å². The maximum atomic E-state index is 13.6. The van der Waals surface area contributed by atoms with Crippen LogP contribution in [0.5, 0.6) is 0 Å². The lowest BCUT2D eigenvalue weighted by Gasteiger charge is -2.27. The van der Waals surface area contributed by atoms with Crippen LogP contribution in [-0.4, -0.2) is 37.4 Å². The number of hydrogen-bond donors (Lipinski definition) is 2. The largest absolute Gasteiger partial charge is 0.481 e. The number of ether oxygens (including phenoxy) is 1. The van der Waals surface area contributed by atoms with Crippen molar-refractivity contribution in [2.75, 3.05) is 26.3 Å². The minimum Gasteiger partial charge on any atom is -0.481 e. The second kappa shape index (κ2) is 9.21. The van der Waals surface area contributed by atoms with Gasteiger partial charge in [-0.3, -0.25) is 4.79 Å². The van der Waals surface area contributed by atoms with Crippen LogP contribution >= 0.6 is 11.6 Å². The fourth-order valence-electron chi connectivity index (χ4n) is 2.99. The lowest BCUT2D eigenvalue weighted by Crippen LogP contribution is -2.37. The zero-order valence-corrected chi connectivity index (χ0v) is 13.8. The molecule has 1 aromatic carbocycles. The zero-order valence-electron chi connectivity index (χ0n) is 13.1. The average molecular weight is 344 g/mol. The highest BCUT2D eigenvalue weighted by atomic mass is 35.5. The topological polar surface area (TPSA) is 58.6 Å². The van der Waals surface area contributed by atoms with Crippen LogP contribution in [0.2, 0.25) is 5.02 Å². The van der Waals surface area contributed by atoms with E-state index in [9.17, 15) is 14.3 Å². The van der Waals surface area contributed by atoms with Gasteiger partial charge in [-0.05, 0) is 50.3 Å². The van der Waals surface area contributed by atoms with Gasteiger partial charge >= 0.3 is 5.97 Å². The van der Waals surface area contributed by atoms with Crippen molar-refractivity contribution in [3.05, 3.63) is 34.6 Å². The van der Waals surface area contributed by atoms with E-state index in [2.05, 4.69) is 5.32 Å². The molecule has 128 valence electrons. The van der Waals surface area contributed by atoms with E-state index in [4.69, 9.17) is 16.3 Å². The summed E-state index contributed by atoms with van der Waals surface area (Å²) in [5.74, 6) is -1.28. The molecule has 1 fully saturated rings. The van der Waals surface area contributed by atoms with Crippen LogP contribution in [0.4, 0.5) is 4.39 Å². The van der Waals surface area contributed by atoms with Gasteiger partial charge in [0.25, 0.3) is 0 Å². The molecule has 4 nitrogen and oxygen atoms in total. The fraction of sp³-hybridized carbons (Fsp3) is 0.588. The first kappa shape index (κ1) is 18.2. The number of carbonyl (C=O) groups is 1. The first-order valence-electron chi connectivity index (χ1n) is 8.03. The summed E-state index contributed by atoms with van der Waals surface area (Å²) in [6.07, 6.45) is 2.83. The lowest BCUT2D eigenvalue weighted by atomic mass is 9.86. The zero-order chi connectivity index (χ0) is 16.7.